The van der Waals surface area contributed by atoms with Gasteiger partial charge < -0.3 is 48.9 Å². The van der Waals surface area contributed by atoms with E-state index in [2.05, 4.69) is 10.6 Å². The number of hydrogen-bond donors (Lipinski definition) is 2. The number of benzene rings is 2. The summed E-state index contributed by atoms with van der Waals surface area (Å²) >= 11 is 0. The minimum Gasteiger partial charge on any atom is -0.493 e. The Kier molecular flexibility index (Phi) is 7.37. The number of fused-ring (bicyclic) bond motifs is 4. The second-order valence-electron chi connectivity index (χ2n) is 11.6. The first-order valence-electron chi connectivity index (χ1n) is 18.5. The molecule has 244 valence electrons. The van der Waals surface area contributed by atoms with E-state index >= 15 is 0 Å². The number of amides is 2. The van der Waals surface area contributed by atoms with E-state index in [4.69, 9.17) is 36.6 Å². The van der Waals surface area contributed by atoms with Crippen molar-refractivity contribution in [2.75, 3.05) is 65.2 Å². The third kappa shape index (κ3) is 6.05. The predicted molar refractivity (Wildman–Crippen MR) is 168 cm³/mol. The van der Waals surface area contributed by atoms with Crippen LogP contribution in [0.4, 0.5) is 11.4 Å². The SMILES string of the molecule is [2H]C([2H])([2H])O[C@@H]1Nc2cc(OCCCCCOc3cc4c(cc3OC)C(=O)N3CCC[C@H]3[C@H](OC([2H])([2H])[2H])N4)c(OC)cc2C(=O)N2CCC[C@@H]12. The van der Waals surface area contributed by atoms with Crippen LogP contribution in [-0.2, 0) is 9.47 Å². The van der Waals surface area contributed by atoms with Gasteiger partial charge in [-0.15, -0.1) is 0 Å². The minimum absolute atomic E-state index is 0.223. The molecule has 4 aliphatic heterocycles. The highest BCUT2D eigenvalue weighted by Gasteiger charge is 2.41. The van der Waals surface area contributed by atoms with Crippen LogP contribution >= 0.6 is 0 Å². The number of carbonyl (C=O) groups excluding carboxylic acids is 2. The lowest BCUT2D eigenvalue weighted by atomic mass is 10.1. The molecule has 12 nitrogen and oxygen atoms in total. The third-order valence-corrected chi connectivity index (χ3v) is 9.04. The maximum absolute atomic E-state index is 13.4. The van der Waals surface area contributed by atoms with Gasteiger partial charge in [-0.1, -0.05) is 0 Å². The summed E-state index contributed by atoms with van der Waals surface area (Å²) in [6.07, 6.45) is 2.98. The molecule has 4 heterocycles. The van der Waals surface area contributed by atoms with E-state index in [9.17, 15) is 9.59 Å². The maximum atomic E-state index is 13.4. The van der Waals surface area contributed by atoms with E-state index in [1.807, 2.05) is 0 Å². The van der Waals surface area contributed by atoms with Crippen molar-refractivity contribution in [1.29, 1.82) is 0 Å². The fourth-order valence-electron chi connectivity index (χ4n) is 6.75. The molecule has 0 unspecified atom stereocenters. The van der Waals surface area contributed by atoms with Gasteiger partial charge in [0.05, 0.1) is 70.2 Å². The first-order chi connectivity index (χ1) is 24.3. The number of unbranched alkanes of at least 4 members (excludes halogenated alkanes) is 2. The van der Waals surface area contributed by atoms with Gasteiger partial charge in [-0.3, -0.25) is 9.59 Å². The molecule has 2 amide bonds. The highest BCUT2D eigenvalue weighted by molar-refractivity contribution is 6.02. The van der Waals surface area contributed by atoms with E-state index in [0.29, 0.717) is 97.5 Å². The molecule has 2 aromatic rings. The quantitative estimate of drug-likeness (QED) is 0.328. The molecule has 2 fully saturated rings. The van der Waals surface area contributed by atoms with Crippen LogP contribution in [0.25, 0.3) is 0 Å². The van der Waals surface area contributed by atoms with Gasteiger partial charge in [0.1, 0.15) is 12.5 Å². The molecule has 6 rings (SSSR count). The monoisotopic (exact) mass is 630 g/mol. The van der Waals surface area contributed by atoms with Gasteiger partial charge in [0.15, 0.2) is 23.0 Å². The van der Waals surface area contributed by atoms with Crippen LogP contribution in [0.15, 0.2) is 24.3 Å². The van der Waals surface area contributed by atoms with Gasteiger partial charge in [0.2, 0.25) is 0 Å². The van der Waals surface area contributed by atoms with Crippen LogP contribution in [0.3, 0.4) is 0 Å². The number of ether oxygens (including phenoxy) is 6. The first-order valence-corrected chi connectivity index (χ1v) is 15.5. The summed E-state index contributed by atoms with van der Waals surface area (Å²) in [5.41, 5.74) is 1.53. The van der Waals surface area contributed by atoms with E-state index in [1.165, 1.54) is 14.2 Å². The van der Waals surface area contributed by atoms with Crippen molar-refractivity contribution < 1.29 is 46.2 Å². The van der Waals surface area contributed by atoms with Gasteiger partial charge in [-0.2, -0.15) is 0 Å². The number of nitrogens with one attached hydrogen (secondary N) is 2. The average molecular weight is 631 g/mol. The molecule has 4 atom stereocenters. The fraction of sp³-hybridized carbons (Fsp3) is 0.576. The van der Waals surface area contributed by atoms with E-state index < -0.39 is 38.6 Å². The van der Waals surface area contributed by atoms with Gasteiger partial charge in [-0.25, -0.2) is 0 Å². The smallest absolute Gasteiger partial charge is 0.256 e. The first kappa shape index (κ1) is 24.3. The summed E-state index contributed by atoms with van der Waals surface area (Å²) in [5.74, 6) is 1.12. The summed E-state index contributed by atoms with van der Waals surface area (Å²) in [4.78, 5) is 30.2. The second kappa shape index (κ2) is 13.6. The van der Waals surface area contributed by atoms with Crippen LogP contribution in [0.5, 0.6) is 23.0 Å². The minimum atomic E-state index is -2.65. The van der Waals surface area contributed by atoms with Crippen LogP contribution in [0.2, 0.25) is 0 Å². The molecule has 0 bridgehead atoms. The number of rotatable bonds is 12. The van der Waals surface area contributed by atoms with Crippen molar-refractivity contribution in [3.8, 4) is 23.0 Å². The number of nitrogens with zero attached hydrogens (tertiary/aromatic N) is 2. The molecule has 0 aliphatic carbocycles. The van der Waals surface area contributed by atoms with Crippen molar-refractivity contribution in [2.24, 2.45) is 0 Å². The lowest BCUT2D eigenvalue weighted by Gasteiger charge is -2.28. The van der Waals surface area contributed by atoms with Crippen LogP contribution in [-0.4, -0.2) is 101 Å². The Balaban J connectivity index is 1.06. The molecule has 12 heteroatoms. The Morgan fingerprint density at radius 1 is 0.711 bits per heavy atom. The van der Waals surface area contributed by atoms with Gasteiger partial charge in [0, 0.05) is 39.3 Å². The van der Waals surface area contributed by atoms with Crippen molar-refractivity contribution in [1.82, 2.24) is 9.80 Å². The summed E-state index contributed by atoms with van der Waals surface area (Å²) in [5, 5.41) is 6.27. The number of anilines is 2. The number of hydrogen-bond acceptors (Lipinski definition) is 10. The Morgan fingerprint density at radius 3 is 1.60 bits per heavy atom. The van der Waals surface area contributed by atoms with Gasteiger partial charge >= 0.3 is 0 Å². The standard InChI is InChI=1S/C33H44N4O8/c1-40-26-16-20-22(34-30(42-3)24-10-8-12-36(24)32(20)38)18-28(26)44-14-6-5-7-15-45-29-19-23-21(17-27(29)41-2)33(39)37-13-9-11-25(37)31(35-23)43-4/h16-19,24-25,30-31,34-35H,5-15H2,1-4H3/t24-,25-,30-,31-/m0/s1/i3D3,4D3. The predicted octanol–water partition coefficient (Wildman–Crippen LogP) is 4.34. The normalized spacial score (nSPS) is 26.1. The Morgan fingerprint density at radius 2 is 1.18 bits per heavy atom. The zero-order valence-corrected chi connectivity index (χ0v) is 25.6. The lowest BCUT2D eigenvalue weighted by molar-refractivity contribution is 0.0418. The lowest BCUT2D eigenvalue weighted by Crippen LogP contribution is -2.44. The molecule has 0 saturated carbocycles. The average Bonchev–Trinajstić information content (AvgIpc) is 3.73. The van der Waals surface area contributed by atoms with E-state index in [0.717, 1.165) is 19.3 Å². The Labute approximate surface area is 272 Å². The zero-order chi connectivity index (χ0) is 36.5. The molecular weight excluding hydrogens is 580 g/mol. The molecule has 2 saturated heterocycles. The summed E-state index contributed by atoms with van der Waals surface area (Å²) < 4.78 is 79.8. The molecule has 45 heavy (non-hydrogen) atoms. The zero-order valence-electron chi connectivity index (χ0n) is 31.6. The van der Waals surface area contributed by atoms with E-state index in [1.54, 1.807) is 34.1 Å². The summed E-state index contributed by atoms with van der Waals surface area (Å²) in [7, 11) is -2.31. The molecular formula is C33H44N4O8. The summed E-state index contributed by atoms with van der Waals surface area (Å²) in [6, 6.07) is 5.68. The van der Waals surface area contributed by atoms with Crippen LogP contribution in [0, 0.1) is 0 Å². The topological polar surface area (TPSA) is 120 Å². The highest BCUT2D eigenvalue weighted by atomic mass is 16.5. The van der Waals surface area contributed by atoms with Crippen molar-refractivity contribution in [3.05, 3.63) is 35.4 Å². The second-order valence-corrected chi connectivity index (χ2v) is 11.6. The molecule has 0 radical (unpaired) electrons. The molecule has 4 aliphatic rings. The van der Waals surface area contributed by atoms with Crippen LogP contribution in [0.1, 0.15) is 73.9 Å². The highest BCUT2D eigenvalue weighted by Crippen LogP contribution is 2.40. The van der Waals surface area contributed by atoms with Crippen molar-refractivity contribution in [2.45, 2.75) is 69.5 Å². The van der Waals surface area contributed by atoms with Crippen molar-refractivity contribution >= 4 is 23.2 Å². The number of carbonyl (C=O) groups is 2. The van der Waals surface area contributed by atoms with Crippen LogP contribution < -0.4 is 29.6 Å². The molecule has 0 spiro atoms. The largest absolute Gasteiger partial charge is 0.493 e. The van der Waals surface area contributed by atoms with E-state index in [-0.39, 0.29) is 11.8 Å². The molecule has 2 N–H and O–H groups in total. The third-order valence-electron chi connectivity index (χ3n) is 9.04. The Hall–Kier alpha value is -3.90. The van der Waals surface area contributed by atoms with Gasteiger partial charge in [0.25, 0.3) is 11.8 Å². The molecule has 2 aromatic carbocycles. The summed E-state index contributed by atoms with van der Waals surface area (Å²) in [6.45, 7) is 1.69. The molecule has 0 aromatic heterocycles. The fourth-order valence-corrected chi connectivity index (χ4v) is 6.75. The van der Waals surface area contributed by atoms with Gasteiger partial charge in [-0.05, 0) is 57.1 Å². The maximum Gasteiger partial charge on any atom is 0.256 e. The Bertz CT molecular complexity index is 1490. The number of methoxy groups -OCH3 is 4. The van der Waals surface area contributed by atoms with Crippen molar-refractivity contribution in [3.63, 3.8) is 0 Å².